The Labute approximate surface area is 62.9 Å². The molecule has 0 aliphatic carbocycles. The average Bonchev–Trinajstić information content (AvgIpc) is 1.82. The van der Waals surface area contributed by atoms with Gasteiger partial charge in [0.15, 0.2) is 0 Å². The molecule has 0 amide bonds. The molecule has 5 heteroatoms. The van der Waals surface area contributed by atoms with Gasteiger partial charge in [-0.15, -0.1) is 0 Å². The van der Waals surface area contributed by atoms with Gasteiger partial charge in [-0.05, 0) is 0 Å². The van der Waals surface area contributed by atoms with Gasteiger partial charge in [0.05, 0.1) is 0 Å². The molecule has 60 valence electrons. The van der Waals surface area contributed by atoms with E-state index in [9.17, 15) is 8.63 Å². The number of carboxylic acid groups (broad SMARTS) is 1. The molecule has 0 bridgehead atoms. The first kappa shape index (κ1) is 9.75. The number of hydrogen-bond acceptors (Lipinski definition) is 3. The fourth-order valence-corrected chi connectivity index (χ4v) is 1.57. The van der Waals surface area contributed by atoms with Gasteiger partial charge in [0.1, 0.15) is 0 Å². The number of hydrogen-bond donors (Lipinski definition) is 2. The molecule has 0 radical (unpaired) electrons. The number of aliphatic hydroxyl groups excluding tert-OH is 1. The molecule has 0 fully saturated rings. The van der Waals surface area contributed by atoms with Gasteiger partial charge in [0, 0.05) is 0 Å². The molecule has 0 spiro atoms. The Morgan fingerprint density at radius 3 is 2.50 bits per heavy atom. The minimum atomic E-state index is -1.83. The fraction of sp³-hybridized carbons (Fsp3) is 0.800. The quantitative estimate of drug-likeness (QED) is 0.638. The fourth-order valence-electron chi connectivity index (χ4n) is 0.401. The third kappa shape index (κ3) is 4.61. The zero-order valence-corrected chi connectivity index (χ0v) is 7.32. The van der Waals surface area contributed by atoms with E-state index in [0.717, 1.165) is 0 Å². The van der Waals surface area contributed by atoms with E-state index >= 15 is 0 Å². The van der Waals surface area contributed by atoms with Crippen molar-refractivity contribution in [2.45, 2.75) is 23.7 Å². The zero-order valence-electron chi connectivity index (χ0n) is 5.61. The standard InChI is InChI=1S/C5H10O4Se/c1-10(9)3-2-4(6)5(7)8/h4,6H,2-3H2,1H3,(H,7,8). The van der Waals surface area contributed by atoms with Gasteiger partial charge in [-0.2, -0.15) is 0 Å². The van der Waals surface area contributed by atoms with Gasteiger partial charge in [0.25, 0.3) is 0 Å². The number of aliphatic carboxylic acids is 1. The maximum absolute atomic E-state index is 10.5. The molecule has 0 aromatic rings. The first-order chi connectivity index (χ1) is 4.54. The SMILES string of the molecule is C[Se](=O)CCC(O)C(=O)O. The van der Waals surface area contributed by atoms with Crippen LogP contribution in [-0.2, 0) is 8.63 Å². The Morgan fingerprint density at radius 1 is 1.70 bits per heavy atom. The summed E-state index contributed by atoms with van der Waals surface area (Å²) < 4.78 is 10.5. The second-order valence-electron chi connectivity index (χ2n) is 1.92. The van der Waals surface area contributed by atoms with E-state index in [4.69, 9.17) is 10.2 Å². The molecule has 10 heavy (non-hydrogen) atoms. The summed E-state index contributed by atoms with van der Waals surface area (Å²) in [4.78, 5) is 9.97. The van der Waals surface area contributed by atoms with Crippen molar-refractivity contribution in [1.29, 1.82) is 0 Å². The molecular weight excluding hydrogens is 203 g/mol. The van der Waals surface area contributed by atoms with Crippen LogP contribution < -0.4 is 0 Å². The molecule has 0 saturated heterocycles. The van der Waals surface area contributed by atoms with Gasteiger partial charge in [-0.1, -0.05) is 0 Å². The van der Waals surface area contributed by atoms with Crippen molar-refractivity contribution < 1.29 is 18.8 Å². The van der Waals surface area contributed by atoms with Crippen LogP contribution in [0.3, 0.4) is 0 Å². The molecule has 0 aromatic carbocycles. The summed E-state index contributed by atoms with van der Waals surface area (Å²) in [5.41, 5.74) is 0. The van der Waals surface area contributed by atoms with Crippen molar-refractivity contribution in [1.82, 2.24) is 0 Å². The Balaban J connectivity index is 3.49. The third-order valence-electron chi connectivity index (χ3n) is 0.964. The van der Waals surface area contributed by atoms with E-state index in [1.54, 1.807) is 5.82 Å². The first-order valence-electron chi connectivity index (χ1n) is 2.75. The van der Waals surface area contributed by atoms with Crippen LogP contribution in [0.25, 0.3) is 0 Å². The van der Waals surface area contributed by atoms with Crippen LogP contribution in [0.2, 0.25) is 11.1 Å². The van der Waals surface area contributed by atoms with Crippen molar-refractivity contribution in [3.8, 4) is 0 Å². The number of carboxylic acids is 1. The van der Waals surface area contributed by atoms with Crippen LogP contribution in [0.1, 0.15) is 6.42 Å². The van der Waals surface area contributed by atoms with E-state index in [1.807, 2.05) is 0 Å². The van der Waals surface area contributed by atoms with E-state index in [0.29, 0.717) is 5.32 Å². The molecule has 0 heterocycles. The van der Waals surface area contributed by atoms with Gasteiger partial charge in [-0.25, -0.2) is 0 Å². The molecule has 0 aliphatic heterocycles. The van der Waals surface area contributed by atoms with Crippen LogP contribution >= 0.6 is 0 Å². The van der Waals surface area contributed by atoms with Crippen LogP contribution in [0, 0.1) is 0 Å². The molecule has 2 N–H and O–H groups in total. The van der Waals surface area contributed by atoms with E-state index in [1.165, 1.54) is 0 Å². The van der Waals surface area contributed by atoms with Crippen molar-refractivity contribution in [2.24, 2.45) is 0 Å². The van der Waals surface area contributed by atoms with Gasteiger partial charge in [-0.3, -0.25) is 0 Å². The molecule has 4 nitrogen and oxygen atoms in total. The van der Waals surface area contributed by atoms with Crippen molar-refractivity contribution >= 4 is 19.8 Å². The first-order valence-corrected chi connectivity index (χ1v) is 6.37. The summed E-state index contributed by atoms with van der Waals surface area (Å²) in [6.45, 7) is 0. The summed E-state index contributed by atoms with van der Waals surface area (Å²) in [5, 5.41) is 17.1. The summed E-state index contributed by atoms with van der Waals surface area (Å²) in [6.07, 6.45) is -1.25. The molecule has 2 atom stereocenters. The van der Waals surface area contributed by atoms with Crippen LogP contribution in [-0.4, -0.2) is 36.1 Å². The van der Waals surface area contributed by atoms with Crippen molar-refractivity contribution in [3.63, 3.8) is 0 Å². The summed E-state index contributed by atoms with van der Waals surface area (Å²) in [6, 6.07) is 0. The summed E-state index contributed by atoms with van der Waals surface area (Å²) in [7, 11) is 0. The van der Waals surface area contributed by atoms with Crippen molar-refractivity contribution in [2.75, 3.05) is 0 Å². The van der Waals surface area contributed by atoms with Gasteiger partial charge >= 0.3 is 62.3 Å². The third-order valence-corrected chi connectivity index (χ3v) is 2.66. The summed E-state index contributed by atoms with van der Waals surface area (Å²) >= 11 is -1.83. The molecule has 0 aromatic heterocycles. The van der Waals surface area contributed by atoms with Crippen molar-refractivity contribution in [3.05, 3.63) is 0 Å². The van der Waals surface area contributed by atoms with E-state index in [2.05, 4.69) is 0 Å². The van der Waals surface area contributed by atoms with Gasteiger partial charge < -0.3 is 0 Å². The molecular formula is C5H10O4Se. The predicted molar refractivity (Wildman–Crippen MR) is 35.4 cm³/mol. The summed E-state index contributed by atoms with van der Waals surface area (Å²) in [5.74, 6) is 0.321. The van der Waals surface area contributed by atoms with Gasteiger partial charge in [0.2, 0.25) is 0 Å². The normalized spacial score (nSPS) is 16.2. The van der Waals surface area contributed by atoms with Crippen LogP contribution in [0.5, 0.6) is 0 Å². The molecule has 0 saturated carbocycles. The topological polar surface area (TPSA) is 74.6 Å². The number of rotatable bonds is 4. The van der Waals surface area contributed by atoms with Crippen LogP contribution in [0.4, 0.5) is 0 Å². The van der Waals surface area contributed by atoms with E-state index < -0.39 is 25.9 Å². The Hall–Kier alpha value is -0.251. The Morgan fingerprint density at radius 2 is 2.20 bits per heavy atom. The zero-order chi connectivity index (χ0) is 8.15. The van der Waals surface area contributed by atoms with Crippen LogP contribution in [0.15, 0.2) is 0 Å². The molecule has 0 rings (SSSR count). The monoisotopic (exact) mass is 214 g/mol. The Bertz CT molecular complexity index is 145. The minimum absolute atomic E-state index is 0.0972. The molecule has 0 aliphatic rings. The maximum atomic E-state index is 10.5. The second-order valence-corrected chi connectivity index (χ2v) is 5.18. The number of aliphatic hydroxyl groups is 1. The molecule has 2 unspecified atom stereocenters. The average molecular weight is 213 g/mol. The Kier molecular flexibility index (Phi) is 4.43. The van der Waals surface area contributed by atoms with E-state index in [-0.39, 0.29) is 6.42 Å². The number of carbonyl (C=O) groups is 1. The second kappa shape index (κ2) is 4.55. The predicted octanol–water partition coefficient (Wildman–Crippen LogP) is -0.126.